The largest absolute Gasteiger partial charge is 0.497 e. The van der Waals surface area contributed by atoms with Crippen LogP contribution in [0.2, 0.25) is 18.1 Å². The Balaban J connectivity index is 1.50. The van der Waals surface area contributed by atoms with E-state index in [1.165, 1.54) is 6.33 Å². The molecule has 1 aliphatic rings. The number of amides is 1. The number of hydrogen-bond acceptors (Lipinski definition) is 10. The van der Waals surface area contributed by atoms with Gasteiger partial charge in [0.15, 0.2) is 19.5 Å². The molecule has 1 amide bonds. The maximum atomic E-state index is 13.3. The molecule has 6 rings (SSSR count). The first-order valence-corrected chi connectivity index (χ1v) is 22.5. The summed E-state index contributed by atoms with van der Waals surface area (Å²) in [7, 11) is 0.785. The molecule has 13 nitrogen and oxygen atoms in total. The molecule has 0 radical (unpaired) electrons. The molecule has 0 unspecified atom stereocenters. The van der Waals surface area contributed by atoms with Crippen molar-refractivity contribution < 1.29 is 28.2 Å². The van der Waals surface area contributed by atoms with Gasteiger partial charge in [0.05, 0.1) is 39.3 Å². The Morgan fingerprint density at radius 3 is 2.09 bits per heavy atom. The number of aromatic amines is 1. The Morgan fingerprint density at radius 2 is 1.55 bits per heavy atom. The number of carbonyl (C=O) groups is 1. The summed E-state index contributed by atoms with van der Waals surface area (Å²) in [6, 6.07) is 28.0. The van der Waals surface area contributed by atoms with Crippen LogP contribution < -0.4 is 20.3 Å². The van der Waals surface area contributed by atoms with Gasteiger partial charge in [-0.3, -0.25) is 24.5 Å². The van der Waals surface area contributed by atoms with Gasteiger partial charge in [-0.1, -0.05) is 89.2 Å². The number of nitrogens with zero attached hydrogens (tertiary/aromatic N) is 4. The van der Waals surface area contributed by atoms with Crippen molar-refractivity contribution >= 4 is 31.3 Å². The molecule has 0 spiro atoms. The minimum atomic E-state index is -2.49. The number of ether oxygens (including phenoxy) is 4. The van der Waals surface area contributed by atoms with Gasteiger partial charge >= 0.3 is 0 Å². The molecule has 3 heterocycles. The fourth-order valence-corrected chi connectivity index (χ4v) is 8.49. The number of nitrogens with one attached hydrogen (secondary N) is 2. The van der Waals surface area contributed by atoms with Crippen molar-refractivity contribution in [2.75, 3.05) is 26.1 Å². The topological polar surface area (TPSA) is 163 Å². The molecule has 0 bridgehead atoms. The van der Waals surface area contributed by atoms with Crippen LogP contribution in [-0.2, 0) is 24.3 Å². The Hall–Kier alpha value is -5.33. The van der Waals surface area contributed by atoms with Crippen molar-refractivity contribution in [2.45, 2.75) is 89.6 Å². The lowest BCUT2D eigenvalue weighted by Crippen LogP contribution is -2.49. The first-order chi connectivity index (χ1) is 27.6. The molecular formula is C44H54N6O7Si. The third-order valence-corrected chi connectivity index (χ3v) is 15.9. The highest BCUT2D eigenvalue weighted by Crippen LogP contribution is 2.48. The Bertz CT molecular complexity index is 2230. The Morgan fingerprint density at radius 1 is 0.966 bits per heavy atom. The molecule has 1 aliphatic heterocycles. The van der Waals surface area contributed by atoms with Gasteiger partial charge in [0.1, 0.15) is 29.4 Å². The van der Waals surface area contributed by atoms with Crippen LogP contribution in [0.4, 0.5) is 5.95 Å². The van der Waals surface area contributed by atoms with Gasteiger partial charge in [-0.2, -0.15) is 10.2 Å². The van der Waals surface area contributed by atoms with E-state index >= 15 is 0 Å². The second-order valence-corrected chi connectivity index (χ2v) is 21.2. The van der Waals surface area contributed by atoms with E-state index in [1.807, 2.05) is 78.9 Å². The maximum absolute atomic E-state index is 13.3. The van der Waals surface area contributed by atoms with E-state index in [0.29, 0.717) is 17.9 Å². The lowest BCUT2D eigenvalue weighted by molar-refractivity contribution is -0.118. The number of anilines is 1. The molecule has 4 atom stereocenters. The van der Waals surface area contributed by atoms with E-state index in [1.54, 1.807) is 32.6 Å². The molecule has 3 aromatic carbocycles. The minimum Gasteiger partial charge on any atom is -0.497 e. The summed E-state index contributed by atoms with van der Waals surface area (Å²) < 4.78 is 34.6. The Labute approximate surface area is 340 Å². The molecule has 306 valence electrons. The van der Waals surface area contributed by atoms with E-state index in [0.717, 1.165) is 16.7 Å². The van der Waals surface area contributed by atoms with Crippen molar-refractivity contribution in [3.8, 4) is 17.6 Å². The van der Waals surface area contributed by atoms with Crippen LogP contribution >= 0.6 is 0 Å². The van der Waals surface area contributed by atoms with Crippen molar-refractivity contribution in [2.24, 2.45) is 11.8 Å². The molecule has 2 N–H and O–H groups in total. The van der Waals surface area contributed by atoms with E-state index in [2.05, 4.69) is 60.2 Å². The molecule has 0 saturated carbocycles. The zero-order chi connectivity index (χ0) is 41.8. The minimum absolute atomic E-state index is 0.00473. The van der Waals surface area contributed by atoms with Gasteiger partial charge in [0.25, 0.3) is 5.56 Å². The number of hydrogen-bond donors (Lipinski definition) is 2. The highest BCUT2D eigenvalue weighted by molar-refractivity contribution is 6.74. The van der Waals surface area contributed by atoms with E-state index in [-0.39, 0.29) is 52.9 Å². The average Bonchev–Trinajstić information content (AvgIpc) is 3.78. The second-order valence-electron chi connectivity index (χ2n) is 16.5. The number of aromatic nitrogens is 4. The van der Waals surface area contributed by atoms with Crippen LogP contribution in [0.1, 0.15) is 70.4 Å². The molecule has 58 heavy (non-hydrogen) atoms. The summed E-state index contributed by atoms with van der Waals surface area (Å²) in [5.41, 5.74) is 1.30. The van der Waals surface area contributed by atoms with Gasteiger partial charge < -0.3 is 23.4 Å². The van der Waals surface area contributed by atoms with Crippen molar-refractivity contribution in [1.82, 2.24) is 19.5 Å². The van der Waals surface area contributed by atoms with E-state index < -0.39 is 37.9 Å². The SMILES string of the molecule is COc1ccc(C(OC[C@H]2O[C@@H](n3cnc4c(=O)[nH]c(NC(=O)C(C)C)nc43)[C@H](CCC#N)[C@H]2O[Si](C)(C)C(C)(C)C)(c2ccccc2)c2ccc(OC)cc2)cc1. The fourth-order valence-electron chi connectivity index (χ4n) is 7.13. The van der Waals surface area contributed by atoms with Gasteiger partial charge in [-0.05, 0) is 65.5 Å². The van der Waals surface area contributed by atoms with Crippen LogP contribution in [0.15, 0.2) is 90.0 Å². The quantitative estimate of drug-likeness (QED) is 0.0785. The van der Waals surface area contributed by atoms with Gasteiger partial charge in [0, 0.05) is 18.3 Å². The zero-order valence-electron chi connectivity index (χ0n) is 34.7. The zero-order valence-corrected chi connectivity index (χ0v) is 35.7. The lowest BCUT2D eigenvalue weighted by atomic mass is 9.80. The molecule has 0 aliphatic carbocycles. The first kappa shape index (κ1) is 42.3. The maximum Gasteiger partial charge on any atom is 0.280 e. The lowest BCUT2D eigenvalue weighted by Gasteiger charge is -2.41. The standard InChI is InChI=1S/C44H54N6O7Si/c1-28(2)39(51)48-42-47-38-36(40(52)49-42)46-27-50(38)41-34(16-13-25-45)37(57-58(8,9)43(3,4)5)35(56-41)26-55-44(29-14-11-10-12-15-29,30-17-21-32(53-6)22-18-30)31-19-23-33(54-7)24-20-31/h10-12,14-15,17-24,27-28,34-35,37,41H,13,16,26H2,1-9H3,(H2,47,48,49,51,52)/t34-,35-,37-,41-/m1/s1. The molecule has 1 fully saturated rings. The van der Waals surface area contributed by atoms with E-state index in [9.17, 15) is 14.9 Å². The fraction of sp³-hybridized carbons (Fsp3) is 0.432. The molecule has 2 aromatic heterocycles. The molecule has 14 heteroatoms. The molecular weight excluding hydrogens is 753 g/mol. The van der Waals surface area contributed by atoms with Crippen molar-refractivity contribution in [1.29, 1.82) is 5.26 Å². The number of methoxy groups -OCH3 is 2. The summed E-state index contributed by atoms with van der Waals surface area (Å²) in [5, 5.41) is 12.5. The van der Waals surface area contributed by atoms with Crippen LogP contribution in [-0.4, -0.2) is 66.8 Å². The van der Waals surface area contributed by atoms with Crippen LogP contribution in [0.3, 0.4) is 0 Å². The number of carbonyl (C=O) groups excluding carboxylic acids is 1. The summed E-state index contributed by atoms with van der Waals surface area (Å²) in [5.74, 6) is 0.406. The highest BCUT2D eigenvalue weighted by Gasteiger charge is 2.52. The number of benzene rings is 3. The number of rotatable bonds is 15. The number of fused-ring (bicyclic) bond motifs is 1. The summed E-state index contributed by atoms with van der Waals surface area (Å²) in [6.45, 7) is 14.5. The summed E-state index contributed by atoms with van der Waals surface area (Å²) >= 11 is 0. The van der Waals surface area contributed by atoms with Gasteiger partial charge in [-0.15, -0.1) is 0 Å². The van der Waals surface area contributed by atoms with Gasteiger partial charge in [-0.25, -0.2) is 4.98 Å². The van der Waals surface area contributed by atoms with E-state index in [4.69, 9.17) is 23.4 Å². The average molecular weight is 807 g/mol. The number of H-pyrrole nitrogens is 1. The summed E-state index contributed by atoms with van der Waals surface area (Å²) in [6.07, 6.45) is 0.258. The van der Waals surface area contributed by atoms with Gasteiger partial charge in [0.2, 0.25) is 11.9 Å². The Kier molecular flexibility index (Phi) is 12.6. The molecule has 5 aromatic rings. The van der Waals surface area contributed by atoms with Crippen LogP contribution in [0.25, 0.3) is 11.2 Å². The first-order valence-electron chi connectivity index (χ1n) is 19.6. The highest BCUT2D eigenvalue weighted by atomic mass is 28.4. The number of imidazole rings is 1. The van der Waals surface area contributed by atoms with Crippen molar-refractivity contribution in [3.05, 3.63) is 112 Å². The second kappa shape index (κ2) is 17.3. The van der Waals surface area contributed by atoms with Crippen LogP contribution in [0.5, 0.6) is 11.5 Å². The third-order valence-electron chi connectivity index (χ3n) is 11.4. The summed E-state index contributed by atoms with van der Waals surface area (Å²) in [4.78, 5) is 37.7. The smallest absolute Gasteiger partial charge is 0.280 e. The predicted molar refractivity (Wildman–Crippen MR) is 224 cm³/mol. The predicted octanol–water partition coefficient (Wildman–Crippen LogP) is 7.95. The van der Waals surface area contributed by atoms with Crippen LogP contribution in [0, 0.1) is 23.2 Å². The number of nitriles is 1. The third kappa shape index (κ3) is 8.44. The van der Waals surface area contributed by atoms with Crippen molar-refractivity contribution in [3.63, 3.8) is 0 Å². The normalized spacial score (nSPS) is 18.6. The monoisotopic (exact) mass is 806 g/mol. The molecule has 1 saturated heterocycles.